The first-order chi connectivity index (χ1) is 5.66. The lowest BCUT2D eigenvalue weighted by Crippen LogP contribution is -2.01. The van der Waals surface area contributed by atoms with Crippen molar-refractivity contribution in [2.45, 2.75) is 13.8 Å². The van der Waals surface area contributed by atoms with E-state index in [0.29, 0.717) is 23.7 Å². The molecule has 12 heavy (non-hydrogen) atoms. The summed E-state index contributed by atoms with van der Waals surface area (Å²) in [5.41, 5.74) is 13.6. The molecule has 0 saturated heterocycles. The van der Waals surface area contributed by atoms with E-state index >= 15 is 0 Å². The molecule has 1 rings (SSSR count). The third-order valence-electron chi connectivity index (χ3n) is 1.82. The Morgan fingerprint density at radius 3 is 2.58 bits per heavy atom. The molecule has 1 aromatic carbocycles. The molecule has 0 unspecified atom stereocenters. The quantitative estimate of drug-likeness (QED) is 0.655. The highest BCUT2D eigenvalue weighted by Gasteiger charge is 2.04. The number of hydrogen-bond acceptors (Lipinski definition) is 3. The van der Waals surface area contributed by atoms with Gasteiger partial charge >= 0.3 is 0 Å². The lowest BCUT2D eigenvalue weighted by Gasteiger charge is -2.10. The summed E-state index contributed by atoms with van der Waals surface area (Å²) in [6.45, 7) is 4.42. The smallest absolute Gasteiger partial charge is 0.142 e. The molecule has 0 aromatic heterocycles. The normalized spacial score (nSPS) is 9.83. The van der Waals surface area contributed by atoms with Crippen molar-refractivity contribution in [1.29, 1.82) is 0 Å². The van der Waals surface area contributed by atoms with Crippen molar-refractivity contribution in [2.75, 3.05) is 18.1 Å². The molecule has 0 bridgehead atoms. The van der Waals surface area contributed by atoms with Crippen LogP contribution >= 0.6 is 0 Å². The highest BCUT2D eigenvalue weighted by Crippen LogP contribution is 2.28. The molecule has 3 heteroatoms. The lowest BCUT2D eigenvalue weighted by atomic mass is 10.1. The number of benzene rings is 1. The van der Waals surface area contributed by atoms with Crippen LogP contribution in [0.25, 0.3) is 0 Å². The summed E-state index contributed by atoms with van der Waals surface area (Å²) < 4.78 is 5.29. The molecule has 0 aliphatic carbocycles. The van der Waals surface area contributed by atoms with Gasteiger partial charge in [0.2, 0.25) is 0 Å². The van der Waals surface area contributed by atoms with Crippen LogP contribution in [0.3, 0.4) is 0 Å². The van der Waals surface area contributed by atoms with Crippen LogP contribution in [0.1, 0.15) is 12.5 Å². The Hall–Kier alpha value is -1.38. The summed E-state index contributed by atoms with van der Waals surface area (Å²) in [6, 6.07) is 3.60. The predicted molar refractivity (Wildman–Crippen MR) is 51.2 cm³/mol. The van der Waals surface area contributed by atoms with Crippen LogP contribution in [0.5, 0.6) is 5.75 Å². The number of rotatable bonds is 2. The third kappa shape index (κ3) is 1.44. The Morgan fingerprint density at radius 1 is 1.33 bits per heavy atom. The largest absolute Gasteiger partial charge is 0.492 e. The van der Waals surface area contributed by atoms with Gasteiger partial charge in [0, 0.05) is 5.69 Å². The highest BCUT2D eigenvalue weighted by molar-refractivity contribution is 5.67. The van der Waals surface area contributed by atoms with Gasteiger partial charge < -0.3 is 16.2 Å². The van der Waals surface area contributed by atoms with Gasteiger partial charge in [-0.15, -0.1) is 0 Å². The Labute approximate surface area is 72.3 Å². The minimum atomic E-state index is 0.619. The zero-order chi connectivity index (χ0) is 9.14. The van der Waals surface area contributed by atoms with Crippen molar-refractivity contribution in [3.05, 3.63) is 17.7 Å². The molecule has 4 N–H and O–H groups in total. The van der Waals surface area contributed by atoms with Crippen molar-refractivity contribution in [2.24, 2.45) is 0 Å². The van der Waals surface area contributed by atoms with Gasteiger partial charge in [0.1, 0.15) is 5.75 Å². The Kier molecular flexibility index (Phi) is 2.43. The number of anilines is 2. The molecular weight excluding hydrogens is 152 g/mol. The molecule has 66 valence electrons. The van der Waals surface area contributed by atoms with Crippen LogP contribution < -0.4 is 16.2 Å². The maximum Gasteiger partial charge on any atom is 0.142 e. The fraction of sp³-hybridized carbons (Fsp3) is 0.333. The van der Waals surface area contributed by atoms with Crippen LogP contribution in [0.4, 0.5) is 11.4 Å². The van der Waals surface area contributed by atoms with Crippen molar-refractivity contribution in [3.63, 3.8) is 0 Å². The Balaban J connectivity index is 3.08. The fourth-order valence-electron chi connectivity index (χ4n) is 1.00. The summed E-state index contributed by atoms with van der Waals surface area (Å²) in [6.07, 6.45) is 0. The van der Waals surface area contributed by atoms with Crippen molar-refractivity contribution in [3.8, 4) is 5.75 Å². The summed E-state index contributed by atoms with van der Waals surface area (Å²) in [5.74, 6) is 0.712. The molecule has 0 aliphatic heterocycles. The maximum atomic E-state index is 5.76. The fourth-order valence-corrected chi connectivity index (χ4v) is 1.00. The molecule has 0 radical (unpaired) electrons. The van der Waals surface area contributed by atoms with Crippen molar-refractivity contribution in [1.82, 2.24) is 0 Å². The molecule has 0 atom stereocenters. The second-order valence-corrected chi connectivity index (χ2v) is 2.62. The molecule has 3 nitrogen and oxygen atoms in total. The van der Waals surface area contributed by atoms with Crippen LogP contribution in [-0.2, 0) is 0 Å². The van der Waals surface area contributed by atoms with Crippen LogP contribution in [0.15, 0.2) is 12.1 Å². The third-order valence-corrected chi connectivity index (χ3v) is 1.82. The average Bonchev–Trinajstić information content (AvgIpc) is 2.07. The number of nitrogens with two attached hydrogens (primary N) is 2. The summed E-state index contributed by atoms with van der Waals surface area (Å²) in [5, 5.41) is 0. The van der Waals surface area contributed by atoms with Gasteiger partial charge in [0.05, 0.1) is 12.3 Å². The summed E-state index contributed by atoms with van der Waals surface area (Å²) in [7, 11) is 0. The Morgan fingerprint density at radius 2 is 2.00 bits per heavy atom. The zero-order valence-corrected chi connectivity index (χ0v) is 7.42. The van der Waals surface area contributed by atoms with Gasteiger partial charge in [-0.05, 0) is 31.5 Å². The van der Waals surface area contributed by atoms with E-state index in [1.54, 1.807) is 12.1 Å². The summed E-state index contributed by atoms with van der Waals surface area (Å²) in [4.78, 5) is 0. The first kappa shape index (κ1) is 8.71. The number of nitrogen functional groups attached to an aromatic ring is 2. The lowest BCUT2D eigenvalue weighted by molar-refractivity contribution is 0.342. The van der Waals surface area contributed by atoms with E-state index in [1.807, 2.05) is 13.8 Å². The molecule has 0 fully saturated rings. The first-order valence-electron chi connectivity index (χ1n) is 3.94. The van der Waals surface area contributed by atoms with Crippen molar-refractivity contribution < 1.29 is 4.74 Å². The second kappa shape index (κ2) is 3.34. The van der Waals surface area contributed by atoms with E-state index < -0.39 is 0 Å². The van der Waals surface area contributed by atoms with Gasteiger partial charge in [-0.2, -0.15) is 0 Å². The standard InChI is InChI=1S/C9H14N2O/c1-3-12-8-5-4-7(10)6(2)9(8)11/h4-5H,3,10-11H2,1-2H3. The van der Waals surface area contributed by atoms with E-state index in [1.165, 1.54) is 0 Å². The van der Waals surface area contributed by atoms with Crippen LogP contribution in [-0.4, -0.2) is 6.61 Å². The Bertz CT molecular complexity index is 284. The minimum absolute atomic E-state index is 0.619. The topological polar surface area (TPSA) is 61.3 Å². The molecule has 0 amide bonds. The van der Waals surface area contributed by atoms with E-state index in [9.17, 15) is 0 Å². The minimum Gasteiger partial charge on any atom is -0.492 e. The average molecular weight is 166 g/mol. The van der Waals surface area contributed by atoms with Gasteiger partial charge in [0.15, 0.2) is 0 Å². The molecule has 0 saturated carbocycles. The summed E-state index contributed by atoms with van der Waals surface area (Å²) >= 11 is 0. The second-order valence-electron chi connectivity index (χ2n) is 2.62. The van der Waals surface area contributed by atoms with Gasteiger partial charge in [-0.3, -0.25) is 0 Å². The van der Waals surface area contributed by atoms with E-state index in [4.69, 9.17) is 16.2 Å². The van der Waals surface area contributed by atoms with Gasteiger partial charge in [-0.1, -0.05) is 0 Å². The molecule has 0 heterocycles. The monoisotopic (exact) mass is 166 g/mol. The molecule has 1 aromatic rings. The highest BCUT2D eigenvalue weighted by atomic mass is 16.5. The van der Waals surface area contributed by atoms with Gasteiger partial charge in [0.25, 0.3) is 0 Å². The van der Waals surface area contributed by atoms with E-state index in [2.05, 4.69) is 0 Å². The molecular formula is C9H14N2O. The van der Waals surface area contributed by atoms with Gasteiger partial charge in [-0.25, -0.2) is 0 Å². The van der Waals surface area contributed by atoms with Crippen LogP contribution in [0.2, 0.25) is 0 Å². The van der Waals surface area contributed by atoms with Crippen molar-refractivity contribution >= 4 is 11.4 Å². The predicted octanol–water partition coefficient (Wildman–Crippen LogP) is 1.56. The first-order valence-corrected chi connectivity index (χ1v) is 3.94. The maximum absolute atomic E-state index is 5.76. The molecule has 0 aliphatic rings. The number of ether oxygens (including phenoxy) is 1. The van der Waals surface area contributed by atoms with E-state index in [-0.39, 0.29) is 0 Å². The van der Waals surface area contributed by atoms with Crippen LogP contribution in [0, 0.1) is 6.92 Å². The number of hydrogen-bond donors (Lipinski definition) is 2. The zero-order valence-electron chi connectivity index (χ0n) is 7.42. The molecule has 0 spiro atoms. The SMILES string of the molecule is CCOc1ccc(N)c(C)c1N. The van der Waals surface area contributed by atoms with E-state index in [0.717, 1.165) is 5.56 Å².